The summed E-state index contributed by atoms with van der Waals surface area (Å²) in [7, 11) is 3.12. The number of carbonyl (C=O) groups excluding carboxylic acids is 1. The zero-order valence-corrected chi connectivity index (χ0v) is 19.8. The standard InChI is InChI=1S/C26H24N4OS2/c1-4-8-24(22(5-2)29-19(3)20-11-15-27-16-12-20)32-33-25-10-7-6-9-23(25)30-26(31)21-13-17-28-18-14-21/h4-18,29H,2-3H2,1H3,(H,30,31)/b8-4-,24-22-. The molecule has 1 aromatic carbocycles. The second-order valence-electron chi connectivity index (χ2n) is 6.67. The van der Waals surface area contributed by atoms with Crippen molar-refractivity contribution < 1.29 is 4.79 Å². The van der Waals surface area contributed by atoms with E-state index in [0.29, 0.717) is 5.56 Å². The maximum atomic E-state index is 12.6. The molecule has 7 heteroatoms. The highest BCUT2D eigenvalue weighted by molar-refractivity contribution is 8.78. The van der Waals surface area contributed by atoms with Crippen molar-refractivity contribution in [3.8, 4) is 0 Å². The quantitative estimate of drug-likeness (QED) is 0.253. The van der Waals surface area contributed by atoms with Crippen LogP contribution in [0.1, 0.15) is 22.8 Å². The van der Waals surface area contributed by atoms with Gasteiger partial charge in [-0.05, 0) is 55.5 Å². The number of hydrogen-bond donors (Lipinski definition) is 2. The van der Waals surface area contributed by atoms with Crippen LogP contribution in [0.4, 0.5) is 5.69 Å². The van der Waals surface area contributed by atoms with E-state index < -0.39 is 0 Å². The summed E-state index contributed by atoms with van der Waals surface area (Å²) >= 11 is 0. The molecule has 0 saturated carbocycles. The van der Waals surface area contributed by atoms with Crippen LogP contribution in [0.25, 0.3) is 5.70 Å². The van der Waals surface area contributed by atoms with Gasteiger partial charge in [0, 0.05) is 51.4 Å². The minimum atomic E-state index is -0.179. The van der Waals surface area contributed by atoms with Crippen molar-refractivity contribution in [3.05, 3.63) is 126 Å². The van der Waals surface area contributed by atoms with Gasteiger partial charge in [-0.3, -0.25) is 14.8 Å². The molecule has 0 aliphatic heterocycles. The first-order valence-electron chi connectivity index (χ1n) is 10.1. The Kier molecular flexibility index (Phi) is 9.11. The van der Waals surface area contributed by atoms with E-state index in [9.17, 15) is 4.79 Å². The zero-order chi connectivity index (χ0) is 23.5. The van der Waals surface area contributed by atoms with E-state index in [1.165, 1.54) is 0 Å². The molecule has 3 rings (SSSR count). The molecule has 0 aliphatic carbocycles. The molecule has 5 nitrogen and oxygen atoms in total. The molecular formula is C26H24N4OS2. The van der Waals surface area contributed by atoms with E-state index in [0.717, 1.165) is 32.4 Å². The molecule has 2 N–H and O–H groups in total. The van der Waals surface area contributed by atoms with Crippen LogP contribution in [0.3, 0.4) is 0 Å². The minimum Gasteiger partial charge on any atom is -0.355 e. The van der Waals surface area contributed by atoms with E-state index in [1.807, 2.05) is 55.5 Å². The Hall–Kier alpha value is -3.55. The lowest BCUT2D eigenvalue weighted by Crippen LogP contribution is -2.12. The number of nitrogens with one attached hydrogen (secondary N) is 2. The summed E-state index contributed by atoms with van der Waals surface area (Å²) < 4.78 is 0. The van der Waals surface area contributed by atoms with Crippen LogP contribution in [-0.2, 0) is 0 Å². The van der Waals surface area contributed by atoms with Gasteiger partial charge in [0.2, 0.25) is 0 Å². The average molecular weight is 473 g/mol. The minimum absolute atomic E-state index is 0.179. The third-order valence-corrected chi connectivity index (χ3v) is 6.88. The first-order chi connectivity index (χ1) is 16.1. The van der Waals surface area contributed by atoms with Crippen LogP contribution in [0.2, 0.25) is 0 Å². The SMILES string of the molecule is C=C/C(NC(=C)c1ccncc1)=C(\C=C/C)SSc1ccccc1NC(=O)c1ccncc1. The van der Waals surface area contributed by atoms with Crippen LogP contribution in [-0.4, -0.2) is 15.9 Å². The Labute approximate surface area is 202 Å². The van der Waals surface area contributed by atoms with Crippen molar-refractivity contribution in [3.63, 3.8) is 0 Å². The van der Waals surface area contributed by atoms with Gasteiger partial charge in [-0.15, -0.1) is 0 Å². The molecular weight excluding hydrogens is 448 g/mol. The van der Waals surface area contributed by atoms with Crippen LogP contribution in [0.5, 0.6) is 0 Å². The molecule has 0 radical (unpaired) electrons. The van der Waals surface area contributed by atoms with Gasteiger partial charge in [0.1, 0.15) is 0 Å². The molecule has 3 aromatic rings. The lowest BCUT2D eigenvalue weighted by molar-refractivity contribution is 0.102. The molecule has 0 spiro atoms. The van der Waals surface area contributed by atoms with E-state index in [2.05, 4.69) is 33.8 Å². The van der Waals surface area contributed by atoms with Gasteiger partial charge in [-0.25, -0.2) is 0 Å². The Morgan fingerprint density at radius 3 is 2.24 bits per heavy atom. The van der Waals surface area contributed by atoms with Crippen LogP contribution >= 0.6 is 21.6 Å². The molecule has 0 saturated heterocycles. The Morgan fingerprint density at radius 2 is 1.61 bits per heavy atom. The molecule has 1 amide bonds. The number of rotatable bonds is 10. The summed E-state index contributed by atoms with van der Waals surface area (Å²) in [6, 6.07) is 14.9. The Balaban J connectivity index is 1.77. The zero-order valence-electron chi connectivity index (χ0n) is 18.2. The molecule has 2 aromatic heterocycles. The number of anilines is 1. The number of para-hydroxylation sites is 1. The third kappa shape index (κ3) is 6.97. The predicted octanol–water partition coefficient (Wildman–Crippen LogP) is 6.70. The lowest BCUT2D eigenvalue weighted by atomic mass is 10.2. The number of aromatic nitrogens is 2. The molecule has 33 heavy (non-hydrogen) atoms. The second kappa shape index (κ2) is 12.5. The molecule has 0 unspecified atom stereocenters. The van der Waals surface area contributed by atoms with Crippen molar-refractivity contribution >= 4 is 38.9 Å². The number of allylic oxidation sites excluding steroid dienone is 3. The van der Waals surface area contributed by atoms with Crippen molar-refractivity contribution in [2.45, 2.75) is 11.8 Å². The number of carbonyl (C=O) groups is 1. The number of hydrogen-bond acceptors (Lipinski definition) is 6. The fourth-order valence-electron chi connectivity index (χ4n) is 2.74. The molecule has 2 heterocycles. The maximum absolute atomic E-state index is 12.6. The maximum Gasteiger partial charge on any atom is 0.255 e. The summed E-state index contributed by atoms with van der Waals surface area (Å²) in [4.78, 5) is 22.5. The topological polar surface area (TPSA) is 66.9 Å². The second-order valence-corrected chi connectivity index (χ2v) is 8.89. The Morgan fingerprint density at radius 1 is 0.970 bits per heavy atom. The molecule has 0 bridgehead atoms. The van der Waals surface area contributed by atoms with Crippen LogP contribution in [0.15, 0.2) is 120 Å². The van der Waals surface area contributed by atoms with Gasteiger partial charge in [-0.2, -0.15) is 0 Å². The van der Waals surface area contributed by atoms with E-state index in [1.54, 1.807) is 64.6 Å². The highest BCUT2D eigenvalue weighted by Crippen LogP contribution is 2.42. The van der Waals surface area contributed by atoms with Gasteiger partial charge in [0.25, 0.3) is 5.91 Å². The first kappa shape index (κ1) is 24.1. The molecule has 166 valence electrons. The first-order valence-corrected chi connectivity index (χ1v) is 12.3. The number of benzene rings is 1. The molecule has 0 fully saturated rings. The van der Waals surface area contributed by atoms with Gasteiger partial charge in [-0.1, -0.05) is 53.0 Å². The fraction of sp³-hybridized carbons (Fsp3) is 0.0385. The van der Waals surface area contributed by atoms with Gasteiger partial charge in [0.15, 0.2) is 0 Å². The summed E-state index contributed by atoms with van der Waals surface area (Å²) in [5.41, 5.74) is 3.84. The molecule has 0 atom stereocenters. The highest BCUT2D eigenvalue weighted by atomic mass is 33.1. The summed E-state index contributed by atoms with van der Waals surface area (Å²) in [5.74, 6) is -0.179. The third-order valence-electron chi connectivity index (χ3n) is 4.40. The van der Waals surface area contributed by atoms with Crippen molar-refractivity contribution in [2.24, 2.45) is 0 Å². The number of nitrogens with zero attached hydrogens (tertiary/aromatic N) is 2. The largest absolute Gasteiger partial charge is 0.355 e. The lowest BCUT2D eigenvalue weighted by Gasteiger charge is -2.15. The highest BCUT2D eigenvalue weighted by Gasteiger charge is 2.11. The molecule has 0 aliphatic rings. The van der Waals surface area contributed by atoms with E-state index in [4.69, 9.17) is 0 Å². The van der Waals surface area contributed by atoms with Crippen LogP contribution in [0, 0.1) is 0 Å². The summed E-state index contributed by atoms with van der Waals surface area (Å²) in [6.07, 6.45) is 12.4. The van der Waals surface area contributed by atoms with E-state index >= 15 is 0 Å². The van der Waals surface area contributed by atoms with Gasteiger partial charge >= 0.3 is 0 Å². The van der Waals surface area contributed by atoms with Gasteiger partial charge in [0.05, 0.1) is 11.4 Å². The number of amides is 1. The summed E-state index contributed by atoms with van der Waals surface area (Å²) in [6.45, 7) is 10.1. The van der Waals surface area contributed by atoms with Crippen molar-refractivity contribution in [1.29, 1.82) is 0 Å². The van der Waals surface area contributed by atoms with Crippen molar-refractivity contribution in [2.75, 3.05) is 5.32 Å². The van der Waals surface area contributed by atoms with Crippen molar-refractivity contribution in [1.82, 2.24) is 15.3 Å². The van der Waals surface area contributed by atoms with Gasteiger partial charge < -0.3 is 10.6 Å². The number of pyridine rings is 2. The average Bonchev–Trinajstić information content (AvgIpc) is 2.87. The smallest absolute Gasteiger partial charge is 0.255 e. The van der Waals surface area contributed by atoms with Crippen LogP contribution < -0.4 is 10.6 Å². The predicted molar refractivity (Wildman–Crippen MR) is 141 cm³/mol. The monoisotopic (exact) mass is 472 g/mol. The Bertz CT molecular complexity index is 1180. The normalized spacial score (nSPS) is 11.5. The van der Waals surface area contributed by atoms with E-state index in [-0.39, 0.29) is 5.91 Å². The fourth-order valence-corrected chi connectivity index (χ4v) is 5.09. The summed E-state index contributed by atoms with van der Waals surface area (Å²) in [5, 5.41) is 6.34.